The van der Waals surface area contributed by atoms with E-state index < -0.39 is 6.04 Å². The van der Waals surface area contributed by atoms with Gasteiger partial charge in [0.25, 0.3) is 0 Å². The summed E-state index contributed by atoms with van der Waals surface area (Å²) in [5.74, 6) is 0.527. The molecule has 0 radical (unpaired) electrons. The second kappa shape index (κ2) is 7.74. The number of likely N-dealkylation sites (N-methyl/N-ethyl adjacent to an activating group) is 1. The minimum absolute atomic E-state index is 0.0515. The topological polar surface area (TPSA) is 62.5 Å². The Bertz CT molecular complexity index is 710. The second-order valence-corrected chi connectivity index (χ2v) is 6.46. The molecule has 3 rings (SSSR count). The highest BCUT2D eigenvalue weighted by molar-refractivity contribution is 5.83. The number of likely N-dealkylation sites (tertiary alicyclic amines) is 1. The molecule has 0 spiro atoms. The highest BCUT2D eigenvalue weighted by Gasteiger charge is 2.31. The van der Waals surface area contributed by atoms with E-state index in [9.17, 15) is 9.18 Å². The van der Waals surface area contributed by atoms with E-state index in [0.717, 1.165) is 31.5 Å². The van der Waals surface area contributed by atoms with E-state index in [-0.39, 0.29) is 18.3 Å². The van der Waals surface area contributed by atoms with Crippen molar-refractivity contribution in [3.8, 4) is 0 Å². The minimum Gasteiger partial charge on any atom is -0.424 e. The number of aryl methyl sites for hydroxylation is 1. The SMILES string of the molecule is Cc1nnc(CN(C)C(=O)C(c2ccc(F)cc2)N2CCCCC2)o1. The lowest BCUT2D eigenvalue weighted by molar-refractivity contribution is -0.137. The molecule has 0 N–H and O–H groups in total. The van der Waals surface area contributed by atoms with E-state index >= 15 is 0 Å². The molecule has 1 atom stereocenters. The number of carbonyl (C=O) groups excluding carboxylic acids is 1. The summed E-state index contributed by atoms with van der Waals surface area (Å²) in [6.45, 7) is 3.70. The van der Waals surface area contributed by atoms with Gasteiger partial charge in [-0.05, 0) is 43.6 Å². The van der Waals surface area contributed by atoms with Crippen LogP contribution < -0.4 is 0 Å². The number of hydrogen-bond donors (Lipinski definition) is 0. The summed E-state index contributed by atoms with van der Waals surface area (Å²) >= 11 is 0. The zero-order valence-corrected chi connectivity index (χ0v) is 14.6. The fraction of sp³-hybridized carbons (Fsp3) is 0.500. The van der Waals surface area contributed by atoms with Gasteiger partial charge < -0.3 is 9.32 Å². The van der Waals surface area contributed by atoms with E-state index in [1.807, 2.05) is 0 Å². The number of piperidine rings is 1. The van der Waals surface area contributed by atoms with E-state index in [2.05, 4.69) is 15.1 Å². The molecule has 1 aliphatic heterocycles. The van der Waals surface area contributed by atoms with Crippen molar-refractivity contribution in [2.75, 3.05) is 20.1 Å². The first-order chi connectivity index (χ1) is 12.0. The van der Waals surface area contributed by atoms with Crippen LogP contribution in [0.15, 0.2) is 28.7 Å². The van der Waals surface area contributed by atoms with Crippen LogP contribution in [-0.4, -0.2) is 46.0 Å². The maximum atomic E-state index is 13.3. The molecule has 6 nitrogen and oxygen atoms in total. The van der Waals surface area contributed by atoms with Crippen molar-refractivity contribution in [1.82, 2.24) is 20.0 Å². The van der Waals surface area contributed by atoms with Gasteiger partial charge in [-0.3, -0.25) is 9.69 Å². The fourth-order valence-corrected chi connectivity index (χ4v) is 3.22. The molecule has 0 aliphatic carbocycles. The number of benzene rings is 1. The molecular weight excluding hydrogens is 323 g/mol. The molecule has 0 saturated carbocycles. The quantitative estimate of drug-likeness (QED) is 0.833. The average Bonchev–Trinajstić information content (AvgIpc) is 3.02. The number of aromatic nitrogens is 2. The molecule has 1 fully saturated rings. The normalized spacial score (nSPS) is 16.6. The summed E-state index contributed by atoms with van der Waals surface area (Å²) in [5, 5.41) is 7.75. The predicted octanol–water partition coefficient (Wildman–Crippen LogP) is 2.70. The fourth-order valence-electron chi connectivity index (χ4n) is 3.22. The summed E-state index contributed by atoms with van der Waals surface area (Å²) in [5.41, 5.74) is 0.807. The minimum atomic E-state index is -0.421. The Labute approximate surface area is 146 Å². The molecule has 0 bridgehead atoms. The Balaban J connectivity index is 1.81. The molecule has 2 heterocycles. The Morgan fingerprint density at radius 3 is 2.52 bits per heavy atom. The number of nitrogens with zero attached hydrogens (tertiary/aromatic N) is 4. The Kier molecular flexibility index (Phi) is 5.43. The van der Waals surface area contributed by atoms with Crippen LogP contribution in [0.25, 0.3) is 0 Å². The van der Waals surface area contributed by atoms with E-state index in [1.165, 1.54) is 18.6 Å². The van der Waals surface area contributed by atoms with Gasteiger partial charge in [0.05, 0.1) is 6.54 Å². The van der Waals surface area contributed by atoms with Crippen LogP contribution in [0, 0.1) is 12.7 Å². The van der Waals surface area contributed by atoms with Crippen LogP contribution in [0.1, 0.15) is 42.6 Å². The van der Waals surface area contributed by atoms with Crippen LogP contribution >= 0.6 is 0 Å². The molecule has 2 aromatic rings. The van der Waals surface area contributed by atoms with E-state index in [4.69, 9.17) is 4.42 Å². The van der Waals surface area contributed by atoms with Crippen molar-refractivity contribution in [2.45, 2.75) is 38.8 Å². The summed E-state index contributed by atoms with van der Waals surface area (Å²) in [7, 11) is 1.72. The van der Waals surface area contributed by atoms with Gasteiger partial charge in [-0.25, -0.2) is 4.39 Å². The molecule has 1 aromatic heterocycles. The van der Waals surface area contributed by atoms with Crippen molar-refractivity contribution in [3.05, 3.63) is 47.4 Å². The number of rotatable bonds is 5. The van der Waals surface area contributed by atoms with Crippen molar-refractivity contribution in [2.24, 2.45) is 0 Å². The number of hydrogen-bond acceptors (Lipinski definition) is 5. The maximum Gasteiger partial charge on any atom is 0.244 e. The van der Waals surface area contributed by atoms with Crippen LogP contribution in [0.5, 0.6) is 0 Å². The average molecular weight is 346 g/mol. The molecule has 1 unspecified atom stereocenters. The molecule has 7 heteroatoms. The van der Waals surface area contributed by atoms with Crippen LogP contribution in [0.3, 0.4) is 0 Å². The summed E-state index contributed by atoms with van der Waals surface area (Å²) in [6.07, 6.45) is 3.31. The van der Waals surface area contributed by atoms with Gasteiger partial charge in [0.2, 0.25) is 17.7 Å². The van der Waals surface area contributed by atoms with Crippen molar-refractivity contribution in [1.29, 1.82) is 0 Å². The molecule has 1 aliphatic rings. The standard InChI is InChI=1S/C18H23FN4O2/c1-13-20-21-16(25-13)12-22(2)18(24)17(23-10-4-3-5-11-23)14-6-8-15(19)9-7-14/h6-9,17H,3-5,10-12H2,1-2H3. The van der Waals surface area contributed by atoms with Crippen molar-refractivity contribution < 1.29 is 13.6 Å². The van der Waals surface area contributed by atoms with Crippen molar-refractivity contribution in [3.63, 3.8) is 0 Å². The summed E-state index contributed by atoms with van der Waals surface area (Å²) < 4.78 is 18.7. The zero-order valence-electron chi connectivity index (χ0n) is 14.6. The number of amides is 1. The van der Waals surface area contributed by atoms with Crippen LogP contribution in [-0.2, 0) is 11.3 Å². The second-order valence-electron chi connectivity index (χ2n) is 6.46. The predicted molar refractivity (Wildman–Crippen MR) is 90.1 cm³/mol. The first-order valence-electron chi connectivity index (χ1n) is 8.58. The summed E-state index contributed by atoms with van der Waals surface area (Å²) in [6, 6.07) is 5.77. The van der Waals surface area contributed by atoms with Crippen LogP contribution in [0.2, 0.25) is 0 Å². The Hall–Kier alpha value is -2.28. The largest absolute Gasteiger partial charge is 0.424 e. The van der Waals surface area contributed by atoms with Gasteiger partial charge >= 0.3 is 0 Å². The molecule has 1 saturated heterocycles. The van der Waals surface area contributed by atoms with E-state index in [1.54, 1.807) is 31.0 Å². The van der Waals surface area contributed by atoms with Crippen LogP contribution in [0.4, 0.5) is 4.39 Å². The summed E-state index contributed by atoms with van der Waals surface area (Å²) in [4.78, 5) is 16.9. The molecule has 25 heavy (non-hydrogen) atoms. The molecule has 134 valence electrons. The zero-order chi connectivity index (χ0) is 17.8. The van der Waals surface area contributed by atoms with Crippen molar-refractivity contribution >= 4 is 5.91 Å². The van der Waals surface area contributed by atoms with Gasteiger partial charge in [-0.1, -0.05) is 18.6 Å². The smallest absolute Gasteiger partial charge is 0.244 e. The lowest BCUT2D eigenvalue weighted by Crippen LogP contribution is -2.43. The highest BCUT2D eigenvalue weighted by Crippen LogP contribution is 2.27. The highest BCUT2D eigenvalue weighted by atomic mass is 19.1. The first kappa shape index (κ1) is 17.5. The maximum absolute atomic E-state index is 13.3. The van der Waals surface area contributed by atoms with E-state index in [0.29, 0.717) is 11.8 Å². The Morgan fingerprint density at radius 1 is 1.24 bits per heavy atom. The number of carbonyl (C=O) groups is 1. The molecular formula is C18H23FN4O2. The molecule has 1 amide bonds. The number of halogens is 1. The lowest BCUT2D eigenvalue weighted by Gasteiger charge is -2.35. The third-order valence-electron chi connectivity index (χ3n) is 4.49. The first-order valence-corrected chi connectivity index (χ1v) is 8.58. The van der Waals surface area contributed by atoms with Gasteiger partial charge in [0.1, 0.15) is 11.9 Å². The van der Waals surface area contributed by atoms with Gasteiger partial charge in [0, 0.05) is 14.0 Å². The van der Waals surface area contributed by atoms with Gasteiger partial charge in [-0.2, -0.15) is 0 Å². The van der Waals surface area contributed by atoms with Gasteiger partial charge in [-0.15, -0.1) is 10.2 Å². The third-order valence-corrected chi connectivity index (χ3v) is 4.49. The Morgan fingerprint density at radius 2 is 1.92 bits per heavy atom. The third kappa shape index (κ3) is 4.22. The molecule has 1 aromatic carbocycles. The van der Waals surface area contributed by atoms with Gasteiger partial charge in [0.15, 0.2) is 0 Å². The monoisotopic (exact) mass is 346 g/mol. The lowest BCUT2D eigenvalue weighted by atomic mass is 10.0.